The molecule has 53 heavy (non-hydrogen) atoms. The molecule has 8 rings (SSSR count). The van der Waals surface area contributed by atoms with E-state index in [1.807, 2.05) is 76.5 Å². The van der Waals surface area contributed by atoms with Gasteiger partial charge in [0.15, 0.2) is 0 Å². The van der Waals surface area contributed by atoms with Crippen LogP contribution in [0.4, 0.5) is 0 Å². The van der Waals surface area contributed by atoms with Gasteiger partial charge in [0.2, 0.25) is 0 Å². The molecule has 6 aromatic rings. The number of methoxy groups -OCH3 is 2. The van der Waals surface area contributed by atoms with Crippen molar-refractivity contribution in [1.29, 1.82) is 0 Å². The molecule has 0 bridgehead atoms. The summed E-state index contributed by atoms with van der Waals surface area (Å²) in [6.45, 7) is 6.63. The van der Waals surface area contributed by atoms with Crippen molar-refractivity contribution < 1.29 is 28.7 Å². The molecular formula is C41H42N6O6. The number of rotatable bonds is 12. The molecule has 2 aliphatic rings. The smallest absolute Gasteiger partial charge is 0.261 e. The average Bonchev–Trinajstić information content (AvgIpc) is 3.78. The van der Waals surface area contributed by atoms with Crippen LogP contribution >= 0.6 is 0 Å². The third-order valence-electron chi connectivity index (χ3n) is 11.1. The summed E-state index contributed by atoms with van der Waals surface area (Å²) < 4.78 is 15.0. The highest BCUT2D eigenvalue weighted by atomic mass is 16.5. The Kier molecular flexibility index (Phi) is 8.46. The van der Waals surface area contributed by atoms with Crippen LogP contribution < -0.4 is 20.1 Å². The predicted molar refractivity (Wildman–Crippen MR) is 205 cm³/mol. The van der Waals surface area contributed by atoms with Crippen molar-refractivity contribution in [3.8, 4) is 11.5 Å². The maximum Gasteiger partial charge on any atom is 0.261 e. The quantitative estimate of drug-likeness (QED) is 0.133. The number of ether oxygens (including phenoxy) is 2. The van der Waals surface area contributed by atoms with E-state index in [0.29, 0.717) is 48.4 Å². The average molecular weight is 715 g/mol. The number of nitrogens with one attached hydrogen (secondary N) is 2. The number of imide groups is 2. The van der Waals surface area contributed by atoms with Crippen molar-refractivity contribution in [3.05, 3.63) is 81.9 Å². The van der Waals surface area contributed by atoms with Gasteiger partial charge in [-0.2, -0.15) is 0 Å². The fourth-order valence-electron chi connectivity index (χ4n) is 8.44. The fraction of sp³-hybridized carbons (Fsp3) is 0.317. The summed E-state index contributed by atoms with van der Waals surface area (Å²) in [6.07, 6.45) is 0.784. The van der Waals surface area contributed by atoms with Crippen molar-refractivity contribution in [3.63, 3.8) is 0 Å². The number of hydrogen-bond donors (Lipinski definition) is 2. The molecule has 0 spiro atoms. The first kappa shape index (κ1) is 34.4. The van der Waals surface area contributed by atoms with Crippen molar-refractivity contribution in [2.75, 3.05) is 53.5 Å². The fourth-order valence-corrected chi connectivity index (χ4v) is 8.44. The van der Waals surface area contributed by atoms with E-state index in [0.717, 1.165) is 72.7 Å². The first-order valence-corrected chi connectivity index (χ1v) is 17.9. The molecule has 0 fully saturated rings. The minimum atomic E-state index is -0.275. The monoisotopic (exact) mass is 714 g/mol. The Morgan fingerprint density at radius 3 is 1.36 bits per heavy atom. The van der Waals surface area contributed by atoms with E-state index in [-0.39, 0.29) is 36.7 Å². The lowest BCUT2D eigenvalue weighted by atomic mass is 9.99. The van der Waals surface area contributed by atoms with Gasteiger partial charge in [0, 0.05) is 72.9 Å². The molecule has 272 valence electrons. The van der Waals surface area contributed by atoms with Crippen LogP contribution in [0.3, 0.4) is 0 Å². The number of carbonyl (C=O) groups is 4. The predicted octanol–water partition coefficient (Wildman–Crippen LogP) is 5.07. The van der Waals surface area contributed by atoms with E-state index in [9.17, 15) is 19.2 Å². The zero-order valence-corrected chi connectivity index (χ0v) is 30.8. The summed E-state index contributed by atoms with van der Waals surface area (Å²) in [5.74, 6) is 0.390. The van der Waals surface area contributed by atoms with Gasteiger partial charge in [-0.15, -0.1) is 0 Å². The summed E-state index contributed by atoms with van der Waals surface area (Å²) in [6, 6.07) is 15.4. The Balaban J connectivity index is 0.833. The van der Waals surface area contributed by atoms with Crippen LogP contribution in [0.25, 0.3) is 43.6 Å². The summed E-state index contributed by atoms with van der Waals surface area (Å²) in [5.41, 5.74) is 7.30. The lowest BCUT2D eigenvalue weighted by Gasteiger charge is -2.15. The molecule has 0 aliphatic carbocycles. The highest BCUT2D eigenvalue weighted by Crippen LogP contribution is 2.40. The number of amides is 4. The molecule has 0 saturated carbocycles. The van der Waals surface area contributed by atoms with Gasteiger partial charge in [0.05, 0.1) is 47.5 Å². The topological polar surface area (TPSA) is 127 Å². The van der Waals surface area contributed by atoms with Crippen LogP contribution in [0, 0.1) is 13.8 Å². The maximum atomic E-state index is 13.5. The van der Waals surface area contributed by atoms with Crippen molar-refractivity contribution >= 4 is 67.2 Å². The van der Waals surface area contributed by atoms with Gasteiger partial charge in [0.25, 0.3) is 23.6 Å². The Bertz CT molecular complexity index is 2390. The molecule has 4 amide bonds. The first-order chi connectivity index (χ1) is 25.6. The SMILES string of the molecule is COc1ccc2c(c1)c1cc3c(c(C)c1n2C)C(=O)N(CCNCCCNCCN1C(=O)c2cc4c5cc(OC)ccc5n(C)c4c(C)c2C1=O)C3=O. The molecule has 4 heterocycles. The highest BCUT2D eigenvalue weighted by molar-refractivity contribution is 6.27. The van der Waals surface area contributed by atoms with Gasteiger partial charge >= 0.3 is 0 Å². The number of benzene rings is 4. The van der Waals surface area contributed by atoms with Gasteiger partial charge in [0.1, 0.15) is 11.5 Å². The normalized spacial score (nSPS) is 14.2. The van der Waals surface area contributed by atoms with E-state index in [1.54, 1.807) is 14.2 Å². The Morgan fingerprint density at radius 1 is 0.547 bits per heavy atom. The van der Waals surface area contributed by atoms with Gasteiger partial charge in [-0.25, -0.2) is 0 Å². The molecule has 12 heteroatoms. The van der Waals surface area contributed by atoms with Crippen molar-refractivity contribution in [2.24, 2.45) is 14.1 Å². The van der Waals surface area contributed by atoms with E-state index in [1.165, 1.54) is 9.80 Å². The van der Waals surface area contributed by atoms with Crippen molar-refractivity contribution in [1.82, 2.24) is 29.6 Å². The first-order valence-electron chi connectivity index (χ1n) is 17.9. The molecule has 2 aliphatic heterocycles. The Hall–Kier alpha value is -5.72. The number of nitrogens with zero attached hydrogens (tertiary/aromatic N) is 4. The van der Waals surface area contributed by atoms with E-state index < -0.39 is 0 Å². The summed E-state index contributed by atoms with van der Waals surface area (Å²) >= 11 is 0. The second kappa shape index (κ2) is 13.0. The molecule has 0 atom stereocenters. The second-order valence-electron chi connectivity index (χ2n) is 13.9. The maximum absolute atomic E-state index is 13.5. The van der Waals surface area contributed by atoms with Crippen molar-refractivity contribution in [2.45, 2.75) is 20.3 Å². The molecule has 2 aromatic heterocycles. The van der Waals surface area contributed by atoms with Gasteiger partial charge < -0.3 is 29.2 Å². The van der Waals surface area contributed by atoms with Crippen LogP contribution in [0.5, 0.6) is 11.5 Å². The zero-order chi connectivity index (χ0) is 37.3. The van der Waals surface area contributed by atoms with Gasteiger partial charge in [-0.05, 0) is 93.0 Å². The third kappa shape index (κ3) is 5.19. The van der Waals surface area contributed by atoms with Crippen LogP contribution in [-0.2, 0) is 14.1 Å². The van der Waals surface area contributed by atoms with Crippen LogP contribution in [0.1, 0.15) is 59.0 Å². The molecule has 0 unspecified atom stereocenters. The number of aryl methyl sites for hydroxylation is 4. The summed E-state index contributed by atoms with van der Waals surface area (Å²) in [4.78, 5) is 56.6. The minimum absolute atomic E-state index is 0.263. The summed E-state index contributed by atoms with van der Waals surface area (Å²) in [7, 11) is 7.20. The standard InChI is InChI=1S/C41H42N6O6/c1-22-34-30(20-28-26-18-24(52-5)8-10-32(26)44(3)36(22)28)38(48)46(40(34)50)16-14-42-12-7-13-43-15-17-47-39(49)31-21-29-27-19-25(53-6)9-11-33(27)45(4)37(29)23(2)35(31)41(47)51/h8-11,18-21,42-43H,7,12-17H2,1-6H3. The molecule has 4 aromatic carbocycles. The number of aromatic nitrogens is 2. The Morgan fingerprint density at radius 2 is 0.962 bits per heavy atom. The van der Waals surface area contributed by atoms with E-state index >= 15 is 0 Å². The molecule has 12 nitrogen and oxygen atoms in total. The Labute approximate surface area is 306 Å². The second-order valence-corrected chi connectivity index (χ2v) is 13.9. The van der Waals surface area contributed by atoms with E-state index in [2.05, 4.69) is 19.8 Å². The van der Waals surface area contributed by atoms with Gasteiger partial charge in [-0.1, -0.05) is 0 Å². The van der Waals surface area contributed by atoms with Gasteiger partial charge in [-0.3, -0.25) is 29.0 Å². The molecular weight excluding hydrogens is 672 g/mol. The molecule has 2 N–H and O–H groups in total. The highest BCUT2D eigenvalue weighted by Gasteiger charge is 2.39. The lowest BCUT2D eigenvalue weighted by Crippen LogP contribution is -2.38. The zero-order valence-electron chi connectivity index (χ0n) is 30.8. The molecule has 0 saturated heterocycles. The number of hydrogen-bond acceptors (Lipinski definition) is 8. The summed E-state index contributed by atoms with van der Waals surface area (Å²) in [5, 5.41) is 10.5. The number of fused-ring (bicyclic) bond motifs is 8. The molecule has 0 radical (unpaired) electrons. The number of carbonyl (C=O) groups excluding carboxylic acids is 4. The minimum Gasteiger partial charge on any atom is -0.497 e. The largest absolute Gasteiger partial charge is 0.497 e. The van der Waals surface area contributed by atoms with Crippen LogP contribution in [0.15, 0.2) is 48.5 Å². The lowest BCUT2D eigenvalue weighted by molar-refractivity contribution is 0.0640. The van der Waals surface area contributed by atoms with Crippen LogP contribution in [0.2, 0.25) is 0 Å². The third-order valence-corrected chi connectivity index (χ3v) is 11.1. The van der Waals surface area contributed by atoms with E-state index in [4.69, 9.17) is 9.47 Å². The van der Waals surface area contributed by atoms with Crippen LogP contribution in [-0.4, -0.2) is 96.1 Å².